The van der Waals surface area contributed by atoms with E-state index in [-0.39, 0.29) is 24.3 Å². The van der Waals surface area contributed by atoms with Crippen LogP contribution in [0.15, 0.2) is 54.1 Å². The predicted molar refractivity (Wildman–Crippen MR) is 130 cm³/mol. The lowest BCUT2D eigenvalue weighted by Crippen LogP contribution is -2.57. The first-order valence-electron chi connectivity index (χ1n) is 12.3. The Morgan fingerprint density at radius 2 is 1.81 bits per heavy atom. The summed E-state index contributed by atoms with van der Waals surface area (Å²) in [6.45, 7) is 1.99. The number of ether oxygens (including phenoxy) is 1. The van der Waals surface area contributed by atoms with E-state index in [9.17, 15) is 24.3 Å². The molecule has 0 aliphatic carbocycles. The fourth-order valence-electron chi connectivity index (χ4n) is 5.37. The van der Waals surface area contributed by atoms with Gasteiger partial charge >= 0.3 is 5.97 Å². The zero-order valence-electron chi connectivity index (χ0n) is 20.0. The minimum Gasteiger partial charge on any atom is -0.434 e. The highest BCUT2D eigenvalue weighted by atomic mass is 16.6. The van der Waals surface area contributed by atoms with Crippen LogP contribution in [0.25, 0.3) is 10.8 Å². The van der Waals surface area contributed by atoms with Crippen molar-refractivity contribution >= 4 is 34.5 Å². The van der Waals surface area contributed by atoms with Crippen molar-refractivity contribution in [2.24, 2.45) is 0 Å². The number of cyclic esters (lactones) is 1. The standard InChI is InChI=1S/C27H29N3O6/c1-15-6-10-20(28-24(32)18-8-7-16-4-2-3-5-17(16)13-18)26(34)30-19(12-15)9-11-22(30)25(33)29-21-14-23(31)36-27(21)35/h2-8,13,19-22,27,35H,9-12,14H2,1H3,(H,28,32)(H,29,33)/b15-6-. The first kappa shape index (κ1) is 24.0. The normalized spacial score (nSPS) is 29.6. The van der Waals surface area contributed by atoms with Crippen LogP contribution in [0.1, 0.15) is 49.4 Å². The van der Waals surface area contributed by atoms with Gasteiger partial charge in [0.25, 0.3) is 5.91 Å². The van der Waals surface area contributed by atoms with E-state index in [4.69, 9.17) is 4.74 Å². The van der Waals surface area contributed by atoms with Gasteiger partial charge < -0.3 is 25.4 Å². The lowest BCUT2D eigenvalue weighted by molar-refractivity contribution is -0.155. The third-order valence-corrected chi connectivity index (χ3v) is 7.24. The van der Waals surface area contributed by atoms with Crippen molar-refractivity contribution in [3.05, 3.63) is 59.7 Å². The fraction of sp³-hybridized carbons (Fsp3) is 0.407. The maximum atomic E-state index is 13.7. The van der Waals surface area contributed by atoms with Gasteiger partial charge in [-0.15, -0.1) is 0 Å². The molecule has 0 aromatic heterocycles. The molecule has 0 bridgehead atoms. The van der Waals surface area contributed by atoms with Gasteiger partial charge in [-0.25, -0.2) is 0 Å². The third kappa shape index (κ3) is 4.70. The smallest absolute Gasteiger partial charge is 0.310 e. The molecule has 188 valence electrons. The molecule has 9 heteroatoms. The second kappa shape index (κ2) is 9.73. The molecular formula is C27H29N3O6. The van der Waals surface area contributed by atoms with Gasteiger partial charge in [-0.05, 0) is 55.5 Å². The molecule has 3 aliphatic rings. The number of benzene rings is 2. The van der Waals surface area contributed by atoms with E-state index in [0.29, 0.717) is 31.2 Å². The summed E-state index contributed by atoms with van der Waals surface area (Å²) in [6.07, 6.45) is 2.52. The highest BCUT2D eigenvalue weighted by molar-refractivity contribution is 6.01. The van der Waals surface area contributed by atoms with Crippen molar-refractivity contribution in [2.75, 3.05) is 0 Å². The van der Waals surface area contributed by atoms with Crippen molar-refractivity contribution in [3.63, 3.8) is 0 Å². The second-order valence-corrected chi connectivity index (χ2v) is 9.77. The summed E-state index contributed by atoms with van der Waals surface area (Å²) in [5.74, 6) is -1.69. The monoisotopic (exact) mass is 491 g/mol. The average Bonchev–Trinajstić information content (AvgIpc) is 3.41. The van der Waals surface area contributed by atoms with Gasteiger partial charge in [-0.2, -0.15) is 0 Å². The van der Waals surface area contributed by atoms with Crippen molar-refractivity contribution in [1.82, 2.24) is 15.5 Å². The number of carbonyl (C=O) groups excluding carboxylic acids is 4. The number of nitrogens with zero attached hydrogens (tertiary/aromatic N) is 1. The van der Waals surface area contributed by atoms with Gasteiger partial charge in [0.2, 0.25) is 18.1 Å². The number of aliphatic hydroxyl groups excluding tert-OH is 1. The van der Waals surface area contributed by atoms with Crippen LogP contribution in [0.5, 0.6) is 0 Å². The van der Waals surface area contributed by atoms with E-state index in [1.54, 1.807) is 17.0 Å². The number of rotatable bonds is 4. The second-order valence-electron chi connectivity index (χ2n) is 9.77. The number of aliphatic hydroxyl groups is 1. The van der Waals surface area contributed by atoms with Crippen LogP contribution < -0.4 is 10.6 Å². The summed E-state index contributed by atoms with van der Waals surface area (Å²) < 4.78 is 4.71. The van der Waals surface area contributed by atoms with E-state index in [2.05, 4.69) is 10.6 Å². The molecular weight excluding hydrogens is 462 g/mol. The SMILES string of the molecule is C/C1=C/CC(NC(=O)c2ccc3ccccc3c2)C(=O)N2C(CCC2C(=O)NC2CC(=O)OC2O)C1. The van der Waals surface area contributed by atoms with Crippen molar-refractivity contribution in [2.45, 2.75) is 69.5 Å². The zero-order chi connectivity index (χ0) is 25.4. The Bertz CT molecular complexity index is 1260. The lowest BCUT2D eigenvalue weighted by atomic mass is 9.98. The van der Waals surface area contributed by atoms with Crippen LogP contribution in [-0.2, 0) is 19.1 Å². The Hall–Kier alpha value is -3.72. The van der Waals surface area contributed by atoms with Crippen LogP contribution in [-0.4, -0.2) is 64.2 Å². The van der Waals surface area contributed by atoms with Crippen LogP contribution in [0.3, 0.4) is 0 Å². The van der Waals surface area contributed by atoms with E-state index < -0.39 is 36.3 Å². The molecule has 3 aliphatic heterocycles. The summed E-state index contributed by atoms with van der Waals surface area (Å²) in [5, 5.41) is 17.4. The first-order chi connectivity index (χ1) is 17.3. The summed E-state index contributed by atoms with van der Waals surface area (Å²) in [7, 11) is 0. The van der Waals surface area contributed by atoms with Crippen LogP contribution in [0, 0.1) is 0 Å². The molecule has 2 fully saturated rings. The van der Waals surface area contributed by atoms with E-state index >= 15 is 0 Å². The number of carbonyl (C=O) groups is 4. The lowest BCUT2D eigenvalue weighted by Gasteiger charge is -2.35. The molecule has 2 aromatic carbocycles. The van der Waals surface area contributed by atoms with E-state index in [1.807, 2.05) is 43.3 Å². The van der Waals surface area contributed by atoms with Crippen LogP contribution in [0.2, 0.25) is 0 Å². The molecule has 3 amide bonds. The number of nitrogens with one attached hydrogen (secondary N) is 2. The average molecular weight is 492 g/mol. The van der Waals surface area contributed by atoms with E-state index in [0.717, 1.165) is 16.3 Å². The van der Waals surface area contributed by atoms with Gasteiger partial charge in [0.15, 0.2) is 0 Å². The Balaban J connectivity index is 1.35. The maximum Gasteiger partial charge on any atom is 0.310 e. The Morgan fingerprint density at radius 3 is 2.56 bits per heavy atom. The van der Waals surface area contributed by atoms with Crippen molar-refractivity contribution in [1.29, 1.82) is 0 Å². The van der Waals surface area contributed by atoms with E-state index in [1.165, 1.54) is 0 Å². The molecule has 3 N–H and O–H groups in total. The number of hydrogen-bond donors (Lipinski definition) is 3. The topological polar surface area (TPSA) is 125 Å². The molecule has 3 heterocycles. The predicted octanol–water partition coefficient (Wildman–Crippen LogP) is 1.79. The Kier molecular flexibility index (Phi) is 6.49. The molecule has 2 saturated heterocycles. The number of amides is 3. The summed E-state index contributed by atoms with van der Waals surface area (Å²) >= 11 is 0. The van der Waals surface area contributed by atoms with Crippen molar-refractivity contribution < 1.29 is 29.0 Å². The molecule has 5 rings (SSSR count). The molecule has 0 saturated carbocycles. The van der Waals surface area contributed by atoms with Crippen LogP contribution >= 0.6 is 0 Å². The number of esters is 1. The summed E-state index contributed by atoms with van der Waals surface area (Å²) in [5.41, 5.74) is 1.55. The quantitative estimate of drug-likeness (QED) is 0.442. The number of fused-ring (bicyclic) bond motifs is 2. The fourth-order valence-corrected chi connectivity index (χ4v) is 5.37. The molecule has 36 heavy (non-hydrogen) atoms. The van der Waals surface area contributed by atoms with Crippen molar-refractivity contribution in [3.8, 4) is 0 Å². The molecule has 2 aromatic rings. The molecule has 0 radical (unpaired) electrons. The Labute approximate surface area is 208 Å². The summed E-state index contributed by atoms with van der Waals surface area (Å²) in [6, 6.07) is 10.5. The molecule has 5 unspecified atom stereocenters. The van der Waals surface area contributed by atoms with Gasteiger partial charge in [0.05, 0.1) is 6.42 Å². The maximum absolute atomic E-state index is 13.7. The number of hydrogen-bond acceptors (Lipinski definition) is 6. The van der Waals surface area contributed by atoms with Gasteiger partial charge in [-0.1, -0.05) is 42.0 Å². The Morgan fingerprint density at radius 1 is 1.03 bits per heavy atom. The highest BCUT2D eigenvalue weighted by Gasteiger charge is 2.45. The largest absolute Gasteiger partial charge is 0.434 e. The minimum atomic E-state index is -1.40. The zero-order valence-corrected chi connectivity index (χ0v) is 20.0. The summed E-state index contributed by atoms with van der Waals surface area (Å²) in [4.78, 5) is 53.0. The van der Waals surface area contributed by atoms with Gasteiger partial charge in [0.1, 0.15) is 18.1 Å². The molecule has 5 atom stereocenters. The minimum absolute atomic E-state index is 0.122. The molecule has 9 nitrogen and oxygen atoms in total. The third-order valence-electron chi connectivity index (χ3n) is 7.24. The van der Waals surface area contributed by atoms with Gasteiger partial charge in [-0.3, -0.25) is 19.2 Å². The molecule has 0 spiro atoms. The first-order valence-corrected chi connectivity index (χ1v) is 12.3. The highest BCUT2D eigenvalue weighted by Crippen LogP contribution is 2.32. The van der Waals surface area contributed by atoms with Gasteiger partial charge in [0, 0.05) is 11.6 Å². The van der Waals surface area contributed by atoms with Crippen LogP contribution in [0.4, 0.5) is 0 Å².